The number of amides is 3. The van der Waals surface area contributed by atoms with Crippen molar-refractivity contribution in [3.63, 3.8) is 0 Å². The minimum atomic E-state index is -1.79. The van der Waals surface area contributed by atoms with E-state index in [0.29, 0.717) is 23.8 Å². The number of imide groups is 1. The van der Waals surface area contributed by atoms with Gasteiger partial charge in [0.15, 0.2) is 15.1 Å². The summed E-state index contributed by atoms with van der Waals surface area (Å²) in [6.45, 7) is 11.4. The van der Waals surface area contributed by atoms with Crippen molar-refractivity contribution in [1.29, 1.82) is 0 Å². The summed E-state index contributed by atoms with van der Waals surface area (Å²) in [6.07, 6.45) is 0.0172. The lowest BCUT2D eigenvalue weighted by Gasteiger charge is -2.46. The fourth-order valence-electron chi connectivity index (χ4n) is 6.14. The predicted octanol–water partition coefficient (Wildman–Crippen LogP) is 2.25. The zero-order valence-electron chi connectivity index (χ0n) is 26.1. The molecule has 5 rings (SSSR count). The van der Waals surface area contributed by atoms with Crippen molar-refractivity contribution < 1.29 is 33.0 Å². The van der Waals surface area contributed by atoms with Crippen LogP contribution < -0.4 is 11.1 Å². The van der Waals surface area contributed by atoms with Gasteiger partial charge in [0, 0.05) is 68.6 Å². The van der Waals surface area contributed by atoms with Crippen LogP contribution in [0.4, 0.5) is 14.9 Å². The molecule has 1 atom stereocenters. The van der Waals surface area contributed by atoms with E-state index < -0.39 is 44.1 Å². The first-order valence-electron chi connectivity index (χ1n) is 15.5. The molecule has 3 aliphatic heterocycles. The van der Waals surface area contributed by atoms with Crippen molar-refractivity contribution >= 4 is 38.5 Å². The molecule has 2 aromatic rings. The molecule has 3 heterocycles. The molecule has 45 heavy (non-hydrogen) atoms. The van der Waals surface area contributed by atoms with E-state index in [0.717, 1.165) is 49.9 Å². The van der Waals surface area contributed by atoms with Crippen LogP contribution in [0.5, 0.6) is 0 Å². The summed E-state index contributed by atoms with van der Waals surface area (Å²) < 4.78 is 26.0. The van der Waals surface area contributed by atoms with Crippen molar-refractivity contribution in [3.8, 4) is 0 Å². The van der Waals surface area contributed by atoms with E-state index in [4.69, 9.17) is 15.2 Å². The second-order valence-corrected chi connectivity index (χ2v) is 15.0. The van der Waals surface area contributed by atoms with Crippen molar-refractivity contribution in [3.05, 3.63) is 64.5 Å². The van der Waals surface area contributed by atoms with Crippen LogP contribution in [0.2, 0.25) is 0 Å². The zero-order valence-corrected chi connectivity index (χ0v) is 27.6. The number of ether oxygens (including phenoxy) is 2. The van der Waals surface area contributed by atoms with Crippen LogP contribution in [-0.2, 0) is 27.4 Å². The first-order valence-corrected chi connectivity index (χ1v) is 17.0. The quantitative estimate of drug-likeness (QED) is 0.204. The number of benzene rings is 2. The van der Waals surface area contributed by atoms with Gasteiger partial charge >= 0.3 is 5.97 Å². The summed E-state index contributed by atoms with van der Waals surface area (Å²) in [5.74, 6) is -1.95. The Morgan fingerprint density at radius 2 is 1.87 bits per heavy atom. The molecule has 0 unspecified atom stereocenters. The molecule has 0 aromatic heterocycles. The molecule has 0 saturated carbocycles. The summed E-state index contributed by atoms with van der Waals surface area (Å²) in [4.78, 5) is 57.1. The maximum Gasteiger partial charge on any atom is 0.306 e. The van der Waals surface area contributed by atoms with Crippen LogP contribution in [-0.4, -0.2) is 104 Å². The van der Waals surface area contributed by atoms with E-state index in [1.165, 1.54) is 0 Å². The van der Waals surface area contributed by atoms with Crippen molar-refractivity contribution in [2.24, 2.45) is 5.73 Å². The Bertz CT molecular complexity index is 1450. The van der Waals surface area contributed by atoms with Gasteiger partial charge in [-0.05, 0) is 51.0 Å². The molecular formula is C32H42FN5O6Si. The molecule has 2 fully saturated rings. The summed E-state index contributed by atoms with van der Waals surface area (Å²) in [5.41, 5.74) is 5.52. The Labute approximate surface area is 265 Å². The van der Waals surface area contributed by atoms with E-state index in [-0.39, 0.29) is 36.3 Å². The highest BCUT2D eigenvalue weighted by Gasteiger charge is 2.42. The topological polar surface area (TPSA) is 135 Å². The summed E-state index contributed by atoms with van der Waals surface area (Å²) in [5, 5.41) is 3.13. The lowest BCUT2D eigenvalue weighted by molar-refractivity contribution is -0.155. The minimum Gasteiger partial charge on any atom is -0.460 e. The van der Waals surface area contributed by atoms with Crippen molar-refractivity contribution in [1.82, 2.24) is 14.7 Å². The number of halogens is 1. The Balaban J connectivity index is 1.21. The number of nitrogens with two attached hydrogens (primary N) is 1. The third kappa shape index (κ3) is 7.96. The Morgan fingerprint density at radius 1 is 1.13 bits per heavy atom. The standard InChI is InChI=1S/C32H42FN5O6Si/c1-32(2,3)44-27(39)10-9-26(45-31(34)42)38-29(40)23-5-4-6-25(28(23)30(38)41)35-16-21-8-7-20(15-24(21)33)17-36-18-22(19-36)37-11-13-43-14-12-37/h4-8,15,22,26,35H,9-14,16-19,45H2,1-3H3,(H2,34,42)/t26-/m1/s1. The van der Waals surface area contributed by atoms with Crippen LogP contribution >= 0.6 is 0 Å². The molecule has 0 bridgehead atoms. The number of carbonyl (C=O) groups is 4. The Kier molecular flexibility index (Phi) is 10.0. The lowest BCUT2D eigenvalue weighted by atomic mass is 10.0. The fraction of sp³-hybridized carbons (Fsp3) is 0.500. The highest BCUT2D eigenvalue weighted by atomic mass is 28.2. The number of hydrogen-bond acceptors (Lipinski definition) is 9. The molecule has 2 saturated heterocycles. The number of morpholine rings is 1. The lowest BCUT2D eigenvalue weighted by Crippen LogP contribution is -2.60. The molecule has 3 aliphatic rings. The van der Waals surface area contributed by atoms with E-state index in [1.807, 2.05) is 6.07 Å². The number of carbonyl (C=O) groups excluding carboxylic acids is 4. The minimum absolute atomic E-state index is 0.0672. The zero-order chi connectivity index (χ0) is 32.3. The smallest absolute Gasteiger partial charge is 0.306 e. The SMILES string of the molecule is CC(C)(C)OC(=O)CC[C@@H]([SiH2]C(N)=O)N1C(=O)c2cccc(NCc3ccc(CN4CC(N5CCOCC5)C4)cc3F)c2C1=O. The maximum atomic E-state index is 15.2. The first kappa shape index (κ1) is 32.7. The molecule has 13 heteroatoms. The number of anilines is 1. The maximum absolute atomic E-state index is 15.2. The molecule has 0 radical (unpaired) electrons. The second-order valence-electron chi connectivity index (χ2n) is 12.9. The molecule has 242 valence electrons. The Hall–Kier alpha value is -3.65. The number of nitrogens with one attached hydrogen (secondary N) is 1. The van der Waals surface area contributed by atoms with Crippen LogP contribution in [0.1, 0.15) is 65.5 Å². The van der Waals surface area contributed by atoms with Crippen LogP contribution in [0, 0.1) is 5.82 Å². The number of rotatable bonds is 12. The molecule has 2 aromatic carbocycles. The van der Waals surface area contributed by atoms with Gasteiger partial charge in [0.2, 0.25) is 0 Å². The van der Waals surface area contributed by atoms with E-state index in [2.05, 4.69) is 15.1 Å². The van der Waals surface area contributed by atoms with Crippen LogP contribution in [0.3, 0.4) is 0 Å². The first-order chi connectivity index (χ1) is 21.4. The van der Waals surface area contributed by atoms with Gasteiger partial charge < -0.3 is 20.5 Å². The third-order valence-electron chi connectivity index (χ3n) is 8.34. The van der Waals surface area contributed by atoms with Crippen LogP contribution in [0.15, 0.2) is 36.4 Å². The van der Waals surface area contributed by atoms with Crippen molar-refractivity contribution in [2.45, 2.75) is 64.0 Å². The largest absolute Gasteiger partial charge is 0.460 e. The number of hydrogen-bond donors (Lipinski definition) is 2. The average molecular weight is 640 g/mol. The molecule has 0 aliphatic carbocycles. The fourth-order valence-corrected chi connectivity index (χ4v) is 7.53. The average Bonchev–Trinajstić information content (AvgIpc) is 3.21. The predicted molar refractivity (Wildman–Crippen MR) is 169 cm³/mol. The number of likely N-dealkylation sites (tertiary alicyclic amines) is 1. The number of esters is 1. The van der Waals surface area contributed by atoms with E-state index in [1.54, 1.807) is 51.1 Å². The Morgan fingerprint density at radius 3 is 2.53 bits per heavy atom. The van der Waals surface area contributed by atoms with Gasteiger partial charge in [-0.1, -0.05) is 18.2 Å². The summed E-state index contributed by atoms with van der Waals surface area (Å²) in [7, 11) is -1.79. The van der Waals surface area contributed by atoms with Gasteiger partial charge in [0.25, 0.3) is 11.8 Å². The van der Waals surface area contributed by atoms with Crippen LogP contribution in [0.25, 0.3) is 0 Å². The summed E-state index contributed by atoms with van der Waals surface area (Å²) >= 11 is 0. The van der Waals surface area contributed by atoms with Gasteiger partial charge in [0.1, 0.15) is 11.4 Å². The summed E-state index contributed by atoms with van der Waals surface area (Å²) in [6, 6.07) is 10.6. The van der Waals surface area contributed by atoms with E-state index >= 15 is 4.39 Å². The highest BCUT2D eigenvalue weighted by Crippen LogP contribution is 2.32. The highest BCUT2D eigenvalue weighted by molar-refractivity contribution is 6.74. The van der Waals surface area contributed by atoms with Crippen molar-refractivity contribution in [2.75, 3.05) is 44.7 Å². The number of nitrogens with zero attached hydrogens (tertiary/aromatic N) is 3. The van der Waals surface area contributed by atoms with Gasteiger partial charge in [-0.25, -0.2) is 4.39 Å². The normalized spacial score (nSPS) is 18.7. The van der Waals surface area contributed by atoms with E-state index in [9.17, 15) is 19.2 Å². The van der Waals surface area contributed by atoms with Gasteiger partial charge in [0.05, 0.1) is 24.3 Å². The second kappa shape index (κ2) is 13.8. The van der Waals surface area contributed by atoms with Gasteiger partial charge in [-0.2, -0.15) is 0 Å². The number of fused-ring (bicyclic) bond motifs is 1. The number of primary amides is 1. The monoisotopic (exact) mass is 639 g/mol. The molecule has 3 amide bonds. The molecular weight excluding hydrogens is 597 g/mol. The van der Waals surface area contributed by atoms with Gasteiger partial charge in [-0.3, -0.25) is 33.9 Å². The molecule has 0 spiro atoms. The molecule has 3 N–H and O–H groups in total. The molecule has 11 nitrogen and oxygen atoms in total. The van der Waals surface area contributed by atoms with Gasteiger partial charge in [-0.15, -0.1) is 0 Å². The third-order valence-corrected chi connectivity index (χ3v) is 9.99.